The fraction of sp³-hybridized carbons (Fsp3) is 0.364. The minimum atomic E-state index is -0.160. The van der Waals surface area contributed by atoms with Crippen molar-refractivity contribution < 1.29 is 4.79 Å². The molecule has 0 bridgehead atoms. The van der Waals surface area contributed by atoms with E-state index < -0.39 is 0 Å². The Morgan fingerprint density at radius 1 is 1.57 bits per heavy atom. The molecule has 1 atom stereocenters. The molecule has 1 aromatic carbocycles. The second kappa shape index (κ2) is 4.94. The molecule has 0 spiro atoms. The molecule has 0 fully saturated rings. The predicted molar refractivity (Wildman–Crippen MR) is 63.5 cm³/mol. The van der Waals surface area contributed by atoms with Crippen LogP contribution in [0.3, 0.4) is 0 Å². The van der Waals surface area contributed by atoms with E-state index in [4.69, 9.17) is 11.6 Å². The maximum absolute atomic E-state index is 11.7. The van der Waals surface area contributed by atoms with Crippen molar-refractivity contribution in [2.45, 2.75) is 24.6 Å². The van der Waals surface area contributed by atoms with Crippen molar-refractivity contribution in [3.8, 4) is 0 Å². The van der Waals surface area contributed by atoms with E-state index in [1.54, 1.807) is 0 Å². The smallest absolute Gasteiger partial charge is 0.176 e. The molecule has 0 aliphatic heterocycles. The van der Waals surface area contributed by atoms with Crippen LogP contribution in [0.15, 0.2) is 18.2 Å². The van der Waals surface area contributed by atoms with Crippen molar-refractivity contribution in [3.63, 3.8) is 0 Å². The summed E-state index contributed by atoms with van der Waals surface area (Å²) in [5.74, 6) is 0.461. The SMILES string of the molecule is Cc1ccc(C(=O)C(C)Br)c(CCl)c1. The number of rotatable bonds is 3. The van der Waals surface area contributed by atoms with Gasteiger partial charge in [-0.3, -0.25) is 4.79 Å². The van der Waals surface area contributed by atoms with Crippen molar-refractivity contribution in [2.75, 3.05) is 0 Å². The zero-order chi connectivity index (χ0) is 10.7. The summed E-state index contributed by atoms with van der Waals surface area (Å²) in [6.07, 6.45) is 0. The first-order chi connectivity index (χ1) is 6.56. The van der Waals surface area contributed by atoms with Gasteiger partial charge >= 0.3 is 0 Å². The summed E-state index contributed by atoms with van der Waals surface area (Å²) in [5, 5.41) is 0. The zero-order valence-corrected chi connectivity index (χ0v) is 10.5. The second-order valence-corrected chi connectivity index (χ2v) is 4.92. The van der Waals surface area contributed by atoms with E-state index in [1.165, 1.54) is 0 Å². The van der Waals surface area contributed by atoms with Gasteiger partial charge in [0.25, 0.3) is 0 Å². The van der Waals surface area contributed by atoms with Crippen LogP contribution < -0.4 is 0 Å². The second-order valence-electron chi connectivity index (χ2n) is 3.27. The van der Waals surface area contributed by atoms with Crippen LogP contribution in [-0.2, 0) is 5.88 Å². The standard InChI is InChI=1S/C11H12BrClO/c1-7-3-4-10(9(5-7)6-13)11(14)8(2)12/h3-5,8H,6H2,1-2H3. The van der Waals surface area contributed by atoms with Crippen LogP contribution in [0.5, 0.6) is 0 Å². The number of hydrogen-bond acceptors (Lipinski definition) is 1. The van der Waals surface area contributed by atoms with Crippen LogP contribution in [0.1, 0.15) is 28.4 Å². The summed E-state index contributed by atoms with van der Waals surface area (Å²) in [6, 6.07) is 5.72. The first-order valence-electron chi connectivity index (χ1n) is 4.40. The van der Waals surface area contributed by atoms with Crippen LogP contribution >= 0.6 is 27.5 Å². The van der Waals surface area contributed by atoms with Gasteiger partial charge < -0.3 is 0 Å². The van der Waals surface area contributed by atoms with Crippen LogP contribution in [0.4, 0.5) is 0 Å². The normalized spacial score (nSPS) is 12.6. The molecule has 1 nitrogen and oxygen atoms in total. The lowest BCUT2D eigenvalue weighted by atomic mass is 10.0. The number of hydrogen-bond donors (Lipinski definition) is 0. The monoisotopic (exact) mass is 274 g/mol. The predicted octanol–water partition coefficient (Wildman–Crippen LogP) is 3.70. The molecule has 1 unspecified atom stereocenters. The van der Waals surface area contributed by atoms with Gasteiger partial charge in [0.2, 0.25) is 0 Å². The Hall–Kier alpha value is -0.340. The molecule has 1 aromatic rings. The van der Waals surface area contributed by atoms with Gasteiger partial charge in [-0.15, -0.1) is 11.6 Å². The Labute approximate surface area is 97.6 Å². The highest BCUT2D eigenvalue weighted by Gasteiger charge is 2.15. The Bertz CT molecular complexity index is 347. The number of alkyl halides is 2. The number of benzene rings is 1. The molecule has 3 heteroatoms. The average Bonchev–Trinajstić information content (AvgIpc) is 2.16. The summed E-state index contributed by atoms with van der Waals surface area (Å²) >= 11 is 9.05. The highest BCUT2D eigenvalue weighted by Crippen LogP contribution is 2.18. The zero-order valence-electron chi connectivity index (χ0n) is 8.18. The topological polar surface area (TPSA) is 17.1 Å². The van der Waals surface area contributed by atoms with Crippen molar-refractivity contribution >= 4 is 33.3 Å². The summed E-state index contributed by atoms with van der Waals surface area (Å²) in [5.41, 5.74) is 2.75. The van der Waals surface area contributed by atoms with E-state index >= 15 is 0 Å². The van der Waals surface area contributed by atoms with Crippen LogP contribution in [0.25, 0.3) is 0 Å². The molecule has 0 radical (unpaired) electrons. The van der Waals surface area contributed by atoms with Gasteiger partial charge in [0.15, 0.2) is 5.78 Å². The van der Waals surface area contributed by atoms with E-state index in [-0.39, 0.29) is 10.6 Å². The molecular weight excluding hydrogens is 263 g/mol. The van der Waals surface area contributed by atoms with Gasteiger partial charge in [0, 0.05) is 11.4 Å². The fourth-order valence-corrected chi connectivity index (χ4v) is 1.76. The Morgan fingerprint density at radius 3 is 2.71 bits per heavy atom. The van der Waals surface area contributed by atoms with Crippen molar-refractivity contribution in [3.05, 3.63) is 34.9 Å². The third-order valence-electron chi connectivity index (χ3n) is 2.03. The third-order valence-corrected chi connectivity index (χ3v) is 2.74. The lowest BCUT2D eigenvalue weighted by Crippen LogP contribution is -2.12. The molecule has 1 rings (SSSR count). The lowest BCUT2D eigenvalue weighted by Gasteiger charge is -2.08. The van der Waals surface area contributed by atoms with Gasteiger partial charge in [-0.2, -0.15) is 0 Å². The number of carbonyl (C=O) groups excluding carboxylic acids is 1. The summed E-state index contributed by atoms with van der Waals surface area (Å²) in [6.45, 7) is 3.81. The minimum absolute atomic E-state index is 0.0839. The van der Waals surface area contributed by atoms with Crippen molar-refractivity contribution in [1.29, 1.82) is 0 Å². The fourth-order valence-electron chi connectivity index (χ4n) is 1.29. The average molecular weight is 276 g/mol. The van der Waals surface area contributed by atoms with Gasteiger partial charge in [-0.1, -0.05) is 39.7 Å². The van der Waals surface area contributed by atoms with Gasteiger partial charge in [0.1, 0.15) is 0 Å². The number of ketones is 1. The van der Waals surface area contributed by atoms with E-state index in [2.05, 4.69) is 15.9 Å². The molecule has 0 aromatic heterocycles. The quantitative estimate of drug-likeness (QED) is 0.607. The van der Waals surface area contributed by atoms with Gasteiger partial charge in [0.05, 0.1) is 4.83 Å². The van der Waals surface area contributed by atoms with Crippen molar-refractivity contribution in [1.82, 2.24) is 0 Å². The lowest BCUT2D eigenvalue weighted by molar-refractivity contribution is 0.0995. The maximum atomic E-state index is 11.7. The van der Waals surface area contributed by atoms with Gasteiger partial charge in [-0.05, 0) is 19.4 Å². The highest BCUT2D eigenvalue weighted by molar-refractivity contribution is 9.10. The molecule has 0 amide bonds. The summed E-state index contributed by atoms with van der Waals surface area (Å²) < 4.78 is 0. The molecule has 0 saturated carbocycles. The first kappa shape index (κ1) is 11.7. The number of aryl methyl sites for hydroxylation is 1. The van der Waals surface area contributed by atoms with E-state index in [0.717, 1.165) is 16.7 Å². The number of Topliss-reactive ketones (excluding diaryl/α,β-unsaturated/α-hetero) is 1. The third kappa shape index (κ3) is 2.58. The van der Waals surface area contributed by atoms with E-state index in [9.17, 15) is 4.79 Å². The summed E-state index contributed by atoms with van der Waals surface area (Å²) in [7, 11) is 0. The Kier molecular flexibility index (Phi) is 4.14. The van der Waals surface area contributed by atoms with Crippen LogP contribution in [0.2, 0.25) is 0 Å². The minimum Gasteiger partial charge on any atom is -0.293 e. The Morgan fingerprint density at radius 2 is 2.21 bits per heavy atom. The molecule has 14 heavy (non-hydrogen) atoms. The largest absolute Gasteiger partial charge is 0.293 e. The van der Waals surface area contributed by atoms with E-state index in [0.29, 0.717) is 5.88 Å². The van der Waals surface area contributed by atoms with Gasteiger partial charge in [-0.25, -0.2) is 0 Å². The van der Waals surface area contributed by atoms with Crippen LogP contribution in [0, 0.1) is 6.92 Å². The molecule has 0 heterocycles. The first-order valence-corrected chi connectivity index (χ1v) is 5.85. The highest BCUT2D eigenvalue weighted by atomic mass is 79.9. The maximum Gasteiger partial charge on any atom is 0.176 e. The molecule has 76 valence electrons. The van der Waals surface area contributed by atoms with Crippen molar-refractivity contribution in [2.24, 2.45) is 0 Å². The number of halogens is 2. The Balaban J connectivity index is 3.14. The molecular formula is C11H12BrClO. The molecule has 0 aliphatic rings. The van der Waals surface area contributed by atoms with E-state index in [1.807, 2.05) is 32.0 Å². The van der Waals surface area contributed by atoms with Crippen LogP contribution in [-0.4, -0.2) is 10.6 Å². The summed E-state index contributed by atoms with van der Waals surface area (Å²) in [4.78, 5) is 11.6. The molecule has 0 saturated heterocycles. The molecule has 0 aliphatic carbocycles. The number of carbonyl (C=O) groups is 1. The molecule has 0 N–H and O–H groups in total.